The first kappa shape index (κ1) is 15.5. The number of nitrogens with zero attached hydrogens (tertiary/aromatic N) is 3. The Hall–Kier alpha value is -0.870. The van der Waals surface area contributed by atoms with Gasteiger partial charge in [0.1, 0.15) is 16.8 Å². The predicted molar refractivity (Wildman–Crippen MR) is 82.6 cm³/mol. The van der Waals surface area contributed by atoms with Gasteiger partial charge in [0.25, 0.3) is 0 Å². The molecule has 0 amide bonds. The maximum atomic E-state index is 6.18. The van der Waals surface area contributed by atoms with Crippen LogP contribution >= 0.6 is 11.6 Å². The summed E-state index contributed by atoms with van der Waals surface area (Å²) in [6, 6.07) is 2.34. The van der Waals surface area contributed by atoms with E-state index in [0.29, 0.717) is 23.7 Å². The standard InChI is InChI=1S/C15H24ClN3O/c1-4-12(5-2)19(8-9-20-3)14-10-13(16)17-15(18-14)11-6-7-11/h10-12H,4-9H2,1-3H3. The average Bonchev–Trinajstić information content (AvgIpc) is 3.27. The van der Waals surface area contributed by atoms with Crippen LogP contribution in [0.2, 0.25) is 5.15 Å². The lowest BCUT2D eigenvalue weighted by molar-refractivity contribution is 0.202. The molecule has 112 valence electrons. The van der Waals surface area contributed by atoms with Crippen LogP contribution in [0, 0.1) is 0 Å². The molecule has 1 saturated carbocycles. The zero-order valence-electron chi connectivity index (χ0n) is 12.6. The van der Waals surface area contributed by atoms with Crippen molar-refractivity contribution in [2.45, 2.75) is 51.5 Å². The summed E-state index contributed by atoms with van der Waals surface area (Å²) < 4.78 is 5.24. The Kier molecular flexibility index (Phi) is 5.61. The highest BCUT2D eigenvalue weighted by Crippen LogP contribution is 2.39. The molecule has 0 aliphatic heterocycles. The molecule has 20 heavy (non-hydrogen) atoms. The zero-order valence-corrected chi connectivity index (χ0v) is 13.4. The molecular formula is C15H24ClN3O. The van der Waals surface area contributed by atoms with Crippen molar-refractivity contribution in [3.63, 3.8) is 0 Å². The number of hydrogen-bond donors (Lipinski definition) is 0. The van der Waals surface area contributed by atoms with Gasteiger partial charge < -0.3 is 9.64 Å². The molecule has 1 heterocycles. The topological polar surface area (TPSA) is 38.2 Å². The van der Waals surface area contributed by atoms with Crippen LogP contribution in [0.15, 0.2) is 6.07 Å². The lowest BCUT2D eigenvalue weighted by atomic mass is 10.1. The first-order chi connectivity index (χ1) is 9.69. The van der Waals surface area contributed by atoms with Crippen molar-refractivity contribution in [3.05, 3.63) is 17.0 Å². The van der Waals surface area contributed by atoms with Crippen LogP contribution in [0.5, 0.6) is 0 Å². The van der Waals surface area contributed by atoms with Crippen LogP contribution in [0.1, 0.15) is 51.3 Å². The molecular weight excluding hydrogens is 274 g/mol. The molecule has 0 aromatic carbocycles. The maximum Gasteiger partial charge on any atom is 0.135 e. The van der Waals surface area contributed by atoms with E-state index in [0.717, 1.165) is 31.0 Å². The third-order valence-corrected chi connectivity index (χ3v) is 4.05. The number of ether oxygens (including phenoxy) is 1. The molecule has 1 aromatic heterocycles. The summed E-state index contributed by atoms with van der Waals surface area (Å²) in [5, 5.41) is 0.547. The van der Waals surface area contributed by atoms with E-state index in [2.05, 4.69) is 23.7 Å². The van der Waals surface area contributed by atoms with Crippen molar-refractivity contribution in [1.29, 1.82) is 0 Å². The van der Waals surface area contributed by atoms with Gasteiger partial charge in [-0.3, -0.25) is 0 Å². The predicted octanol–water partition coefficient (Wildman–Crippen LogP) is 3.65. The number of aromatic nitrogens is 2. The van der Waals surface area contributed by atoms with Gasteiger partial charge in [-0.25, -0.2) is 9.97 Å². The molecule has 0 saturated heterocycles. The molecule has 1 aromatic rings. The second-order valence-corrected chi connectivity index (χ2v) is 5.73. The maximum absolute atomic E-state index is 6.18. The molecule has 5 heteroatoms. The smallest absolute Gasteiger partial charge is 0.135 e. The van der Waals surface area contributed by atoms with E-state index in [1.54, 1.807) is 7.11 Å². The van der Waals surface area contributed by atoms with E-state index >= 15 is 0 Å². The van der Waals surface area contributed by atoms with Crippen LogP contribution in [0.4, 0.5) is 5.82 Å². The molecule has 2 rings (SSSR count). The lowest BCUT2D eigenvalue weighted by Crippen LogP contribution is -2.38. The normalized spacial score (nSPS) is 14.8. The minimum atomic E-state index is 0.461. The van der Waals surface area contributed by atoms with Crippen molar-refractivity contribution in [2.75, 3.05) is 25.2 Å². The second kappa shape index (κ2) is 7.23. The van der Waals surface area contributed by atoms with Gasteiger partial charge >= 0.3 is 0 Å². The third kappa shape index (κ3) is 3.83. The second-order valence-electron chi connectivity index (χ2n) is 5.34. The Morgan fingerprint density at radius 1 is 1.35 bits per heavy atom. The summed E-state index contributed by atoms with van der Waals surface area (Å²) in [7, 11) is 1.73. The van der Waals surface area contributed by atoms with Gasteiger partial charge in [-0.2, -0.15) is 0 Å². The lowest BCUT2D eigenvalue weighted by Gasteiger charge is -2.31. The Balaban J connectivity index is 2.26. The minimum absolute atomic E-state index is 0.461. The van der Waals surface area contributed by atoms with Crippen LogP contribution < -0.4 is 4.90 Å². The van der Waals surface area contributed by atoms with Crippen LogP contribution in [-0.2, 0) is 4.74 Å². The number of rotatable bonds is 8. The first-order valence-corrected chi connectivity index (χ1v) is 7.87. The highest BCUT2D eigenvalue weighted by Gasteiger charge is 2.28. The van der Waals surface area contributed by atoms with E-state index in [1.807, 2.05) is 6.07 Å². The Labute approximate surface area is 126 Å². The van der Waals surface area contributed by atoms with Crippen molar-refractivity contribution < 1.29 is 4.74 Å². The minimum Gasteiger partial charge on any atom is -0.383 e. The average molecular weight is 298 g/mol. The summed E-state index contributed by atoms with van der Waals surface area (Å²) in [5.41, 5.74) is 0. The van der Waals surface area contributed by atoms with Gasteiger partial charge in [0.15, 0.2) is 0 Å². The first-order valence-electron chi connectivity index (χ1n) is 7.49. The molecule has 0 N–H and O–H groups in total. The quantitative estimate of drug-likeness (QED) is 0.687. The van der Waals surface area contributed by atoms with E-state index in [4.69, 9.17) is 21.3 Å². The van der Waals surface area contributed by atoms with Gasteiger partial charge in [-0.1, -0.05) is 25.4 Å². The fraction of sp³-hybridized carbons (Fsp3) is 0.733. The molecule has 0 bridgehead atoms. The van der Waals surface area contributed by atoms with Crippen molar-refractivity contribution in [1.82, 2.24) is 9.97 Å². The highest BCUT2D eigenvalue weighted by atomic mass is 35.5. The summed E-state index contributed by atoms with van der Waals surface area (Å²) in [6.45, 7) is 5.94. The molecule has 1 fully saturated rings. The van der Waals surface area contributed by atoms with Crippen LogP contribution in [-0.4, -0.2) is 36.3 Å². The van der Waals surface area contributed by atoms with E-state index in [1.165, 1.54) is 12.8 Å². The van der Waals surface area contributed by atoms with Gasteiger partial charge in [-0.15, -0.1) is 0 Å². The monoisotopic (exact) mass is 297 g/mol. The van der Waals surface area contributed by atoms with Gasteiger partial charge in [0.2, 0.25) is 0 Å². The van der Waals surface area contributed by atoms with Crippen molar-refractivity contribution in [3.8, 4) is 0 Å². The van der Waals surface area contributed by atoms with Crippen molar-refractivity contribution in [2.24, 2.45) is 0 Å². The summed E-state index contributed by atoms with van der Waals surface area (Å²) in [5.74, 6) is 2.36. The summed E-state index contributed by atoms with van der Waals surface area (Å²) in [4.78, 5) is 11.4. The van der Waals surface area contributed by atoms with E-state index < -0.39 is 0 Å². The largest absolute Gasteiger partial charge is 0.383 e. The number of halogens is 1. The zero-order chi connectivity index (χ0) is 14.5. The van der Waals surface area contributed by atoms with Crippen molar-refractivity contribution >= 4 is 17.4 Å². The van der Waals surface area contributed by atoms with Crippen LogP contribution in [0.25, 0.3) is 0 Å². The Bertz CT molecular complexity index is 433. The molecule has 1 aliphatic rings. The molecule has 0 radical (unpaired) electrons. The molecule has 0 spiro atoms. The molecule has 0 atom stereocenters. The highest BCUT2D eigenvalue weighted by molar-refractivity contribution is 6.29. The van der Waals surface area contributed by atoms with E-state index in [-0.39, 0.29) is 0 Å². The van der Waals surface area contributed by atoms with Gasteiger partial charge in [0.05, 0.1) is 6.61 Å². The fourth-order valence-electron chi connectivity index (χ4n) is 2.50. The molecule has 1 aliphatic carbocycles. The summed E-state index contributed by atoms with van der Waals surface area (Å²) in [6.07, 6.45) is 4.53. The fourth-order valence-corrected chi connectivity index (χ4v) is 2.68. The van der Waals surface area contributed by atoms with Gasteiger partial charge in [-0.05, 0) is 25.7 Å². The Morgan fingerprint density at radius 3 is 2.60 bits per heavy atom. The van der Waals surface area contributed by atoms with E-state index in [9.17, 15) is 0 Å². The number of hydrogen-bond acceptors (Lipinski definition) is 4. The molecule has 0 unspecified atom stereocenters. The summed E-state index contributed by atoms with van der Waals surface area (Å²) >= 11 is 6.18. The number of methoxy groups -OCH3 is 1. The van der Waals surface area contributed by atoms with Crippen LogP contribution in [0.3, 0.4) is 0 Å². The third-order valence-electron chi connectivity index (χ3n) is 3.86. The van der Waals surface area contributed by atoms with Gasteiger partial charge in [0, 0.05) is 31.7 Å². The Morgan fingerprint density at radius 2 is 2.05 bits per heavy atom. The number of anilines is 1. The molecule has 4 nitrogen and oxygen atoms in total. The SMILES string of the molecule is CCC(CC)N(CCOC)c1cc(Cl)nc(C2CC2)n1.